The Morgan fingerprint density at radius 3 is 2.31 bits per heavy atom. The maximum atomic E-state index is 13.0. The summed E-state index contributed by atoms with van der Waals surface area (Å²) in [5, 5.41) is 11.1. The predicted molar refractivity (Wildman–Crippen MR) is 112 cm³/mol. The first-order chi connectivity index (χ1) is 16.6. The van der Waals surface area contributed by atoms with Crippen LogP contribution < -0.4 is 0 Å². The number of halogens is 6. The van der Waals surface area contributed by atoms with Gasteiger partial charge in [-0.25, -0.2) is 4.79 Å². The number of likely N-dealkylation sites (tertiary alicyclic amines) is 2. The monoisotopic (exact) mass is 522 g/mol. The molecule has 2 fully saturated rings. The van der Waals surface area contributed by atoms with Crippen molar-refractivity contribution < 1.29 is 45.6 Å². The number of hydrogen-bond donors (Lipinski definition) is 1. The van der Waals surface area contributed by atoms with Gasteiger partial charge in [-0.15, -0.1) is 0 Å². The molecule has 0 radical (unpaired) electrons. The van der Waals surface area contributed by atoms with Crippen LogP contribution in [-0.4, -0.2) is 68.3 Å². The molecule has 1 spiro atoms. The lowest BCUT2D eigenvalue weighted by molar-refractivity contribution is -0.192. The van der Waals surface area contributed by atoms with E-state index < -0.39 is 24.0 Å². The summed E-state index contributed by atoms with van der Waals surface area (Å²) in [6, 6.07) is 2.19. The molecule has 4 rings (SSSR count). The third-order valence-electron chi connectivity index (χ3n) is 6.43. The fourth-order valence-corrected chi connectivity index (χ4v) is 4.40. The summed E-state index contributed by atoms with van der Waals surface area (Å²) in [5.74, 6) is -2.33. The number of alkyl halides is 6. The molecule has 0 saturated carbocycles. The van der Waals surface area contributed by atoms with E-state index in [1.807, 2.05) is 13.8 Å². The molecule has 2 aliphatic rings. The Morgan fingerprint density at radius 1 is 1.14 bits per heavy atom. The summed E-state index contributed by atoms with van der Waals surface area (Å²) in [7, 11) is 0. The average Bonchev–Trinajstić information content (AvgIpc) is 3.12. The highest BCUT2D eigenvalue weighted by Gasteiger charge is 2.48. The molecule has 0 aliphatic carbocycles. The number of pyridine rings is 1. The Balaban J connectivity index is 0.000000454. The number of piperidine rings is 1. The van der Waals surface area contributed by atoms with E-state index in [-0.39, 0.29) is 17.0 Å². The molecule has 1 atom stereocenters. The minimum atomic E-state index is -5.08. The molecule has 14 heteroatoms. The Kier molecular flexibility index (Phi) is 7.67. The van der Waals surface area contributed by atoms with E-state index >= 15 is 0 Å². The summed E-state index contributed by atoms with van der Waals surface area (Å²) in [5.41, 5.74) is 0.783. The third kappa shape index (κ3) is 5.97. The van der Waals surface area contributed by atoms with Crippen molar-refractivity contribution in [1.82, 2.24) is 19.9 Å². The number of carboxylic acid groups (broad SMARTS) is 1. The molecule has 2 aromatic rings. The molecule has 2 aliphatic heterocycles. The Bertz CT molecular complexity index is 1100. The first-order valence-electron chi connectivity index (χ1n) is 10.9. The van der Waals surface area contributed by atoms with Crippen molar-refractivity contribution in [2.24, 2.45) is 0 Å². The van der Waals surface area contributed by atoms with Crippen molar-refractivity contribution in [2.75, 3.05) is 19.6 Å². The predicted octanol–water partition coefficient (Wildman–Crippen LogP) is 4.22. The van der Waals surface area contributed by atoms with E-state index in [2.05, 4.69) is 15.0 Å². The minimum absolute atomic E-state index is 0.0287. The van der Waals surface area contributed by atoms with Crippen LogP contribution in [0.15, 0.2) is 22.9 Å². The van der Waals surface area contributed by atoms with Crippen LogP contribution in [0.2, 0.25) is 0 Å². The molecule has 8 nitrogen and oxygen atoms in total. The standard InChI is InChI=1S/C20H23F3N4O2.C2HF3O2/c1-13-16(14(2)29-25-13)11-27-9-6-19(27)5-3-8-26(12-19)18(28)15-4-7-24-17(10-15)20(21,22)23;3-2(4,5)1(6)7/h4,7,10H,3,5-6,8-9,11-12H2,1-2H3;(H,6,7). The largest absolute Gasteiger partial charge is 0.490 e. The average molecular weight is 522 g/mol. The molecule has 36 heavy (non-hydrogen) atoms. The van der Waals surface area contributed by atoms with Crippen LogP contribution in [0.1, 0.15) is 52.3 Å². The molecule has 2 saturated heterocycles. The van der Waals surface area contributed by atoms with E-state index in [1.54, 1.807) is 4.90 Å². The molecule has 1 unspecified atom stereocenters. The lowest BCUT2D eigenvalue weighted by Gasteiger charge is -2.57. The molecule has 1 N–H and O–H groups in total. The number of carbonyl (C=O) groups excluding carboxylic acids is 1. The Morgan fingerprint density at radius 2 is 1.81 bits per heavy atom. The van der Waals surface area contributed by atoms with E-state index in [0.717, 1.165) is 55.1 Å². The van der Waals surface area contributed by atoms with Crippen molar-refractivity contribution in [1.29, 1.82) is 0 Å². The zero-order valence-corrected chi connectivity index (χ0v) is 19.4. The summed E-state index contributed by atoms with van der Waals surface area (Å²) in [4.78, 5) is 29.2. The van der Waals surface area contributed by atoms with Crippen LogP contribution in [0.5, 0.6) is 0 Å². The Labute approximate surface area is 201 Å². The maximum Gasteiger partial charge on any atom is 0.490 e. The number of aryl methyl sites for hydroxylation is 2. The number of carbonyl (C=O) groups is 2. The fraction of sp³-hybridized carbons (Fsp3) is 0.545. The van der Waals surface area contributed by atoms with Gasteiger partial charge in [-0.05, 0) is 45.2 Å². The first-order valence-corrected chi connectivity index (χ1v) is 10.9. The quantitative estimate of drug-likeness (QED) is 0.603. The second-order valence-electron chi connectivity index (χ2n) is 8.76. The second-order valence-corrected chi connectivity index (χ2v) is 8.76. The van der Waals surface area contributed by atoms with Gasteiger partial charge >= 0.3 is 18.3 Å². The molecule has 0 bridgehead atoms. The molecule has 0 aromatic carbocycles. The van der Waals surface area contributed by atoms with E-state index in [4.69, 9.17) is 14.4 Å². The summed E-state index contributed by atoms with van der Waals surface area (Å²) < 4.78 is 75.8. The van der Waals surface area contributed by atoms with Crippen LogP contribution >= 0.6 is 0 Å². The maximum absolute atomic E-state index is 13.0. The van der Waals surface area contributed by atoms with E-state index in [9.17, 15) is 31.1 Å². The van der Waals surface area contributed by atoms with Gasteiger partial charge in [0.05, 0.1) is 5.69 Å². The molecular formula is C22H24F6N4O4. The fourth-order valence-electron chi connectivity index (χ4n) is 4.40. The van der Waals surface area contributed by atoms with Crippen molar-refractivity contribution in [3.8, 4) is 0 Å². The molecular weight excluding hydrogens is 498 g/mol. The van der Waals surface area contributed by atoms with E-state index in [0.29, 0.717) is 19.6 Å². The number of aliphatic carboxylic acids is 1. The summed E-state index contributed by atoms with van der Waals surface area (Å²) in [6.07, 6.45) is -5.86. The van der Waals surface area contributed by atoms with Gasteiger partial charge in [0.25, 0.3) is 5.91 Å². The highest BCUT2D eigenvalue weighted by atomic mass is 19.4. The first kappa shape index (κ1) is 27.4. The number of aromatic nitrogens is 2. The summed E-state index contributed by atoms with van der Waals surface area (Å²) in [6.45, 7) is 6.48. The van der Waals surface area contributed by atoms with Crippen molar-refractivity contribution >= 4 is 11.9 Å². The second kappa shape index (κ2) is 10.1. The molecule has 198 valence electrons. The SMILES string of the molecule is Cc1noc(C)c1CN1CCC12CCCN(C(=O)c1ccnc(C(F)(F)F)c1)C2.O=C(O)C(F)(F)F. The van der Waals surface area contributed by atoms with Gasteiger partial charge in [-0.1, -0.05) is 5.16 Å². The lowest BCUT2D eigenvalue weighted by atomic mass is 9.77. The number of amides is 1. The van der Waals surface area contributed by atoms with Crippen LogP contribution in [0.3, 0.4) is 0 Å². The summed E-state index contributed by atoms with van der Waals surface area (Å²) >= 11 is 0. The minimum Gasteiger partial charge on any atom is -0.475 e. The van der Waals surface area contributed by atoms with Crippen LogP contribution in [0.25, 0.3) is 0 Å². The van der Waals surface area contributed by atoms with Crippen molar-refractivity contribution in [3.63, 3.8) is 0 Å². The molecule has 2 aromatic heterocycles. The van der Waals surface area contributed by atoms with Gasteiger partial charge in [0.1, 0.15) is 11.5 Å². The van der Waals surface area contributed by atoms with Gasteiger partial charge in [-0.3, -0.25) is 14.7 Å². The zero-order valence-electron chi connectivity index (χ0n) is 19.4. The van der Waals surface area contributed by atoms with Gasteiger partial charge in [0, 0.05) is 49.0 Å². The van der Waals surface area contributed by atoms with Gasteiger partial charge < -0.3 is 14.5 Å². The topological polar surface area (TPSA) is 99.8 Å². The third-order valence-corrected chi connectivity index (χ3v) is 6.43. The van der Waals surface area contributed by atoms with Crippen LogP contribution in [-0.2, 0) is 17.5 Å². The smallest absolute Gasteiger partial charge is 0.475 e. The van der Waals surface area contributed by atoms with Crippen LogP contribution in [0, 0.1) is 13.8 Å². The highest BCUT2D eigenvalue weighted by molar-refractivity contribution is 5.94. The van der Waals surface area contributed by atoms with Gasteiger partial charge in [0.2, 0.25) is 0 Å². The normalized spacial score (nSPS) is 20.5. The number of rotatable bonds is 3. The molecule has 4 heterocycles. The van der Waals surface area contributed by atoms with Crippen molar-refractivity contribution in [3.05, 3.63) is 46.6 Å². The molecule has 1 amide bonds. The zero-order chi connectivity index (χ0) is 26.9. The lowest BCUT2D eigenvalue weighted by Crippen LogP contribution is -2.67. The van der Waals surface area contributed by atoms with Gasteiger partial charge in [-0.2, -0.15) is 26.3 Å². The number of hydrogen-bond acceptors (Lipinski definition) is 6. The number of nitrogens with zero attached hydrogens (tertiary/aromatic N) is 4. The van der Waals surface area contributed by atoms with E-state index in [1.165, 1.54) is 6.07 Å². The van der Waals surface area contributed by atoms with Gasteiger partial charge in [0.15, 0.2) is 0 Å². The number of carboxylic acids is 1. The highest BCUT2D eigenvalue weighted by Crippen LogP contribution is 2.40. The Hall–Kier alpha value is -3.16. The van der Waals surface area contributed by atoms with Crippen molar-refractivity contribution in [2.45, 2.75) is 57.5 Å². The van der Waals surface area contributed by atoms with Crippen LogP contribution in [0.4, 0.5) is 26.3 Å².